The van der Waals surface area contributed by atoms with Gasteiger partial charge in [0.15, 0.2) is 5.82 Å². The van der Waals surface area contributed by atoms with E-state index in [4.69, 9.17) is 10.5 Å². The van der Waals surface area contributed by atoms with E-state index in [9.17, 15) is 9.90 Å². The summed E-state index contributed by atoms with van der Waals surface area (Å²) in [6.45, 7) is 0.790. The quantitative estimate of drug-likeness (QED) is 0.624. The van der Waals surface area contributed by atoms with Crippen molar-refractivity contribution in [1.29, 1.82) is 0 Å². The molecule has 0 unspecified atom stereocenters. The van der Waals surface area contributed by atoms with Crippen LogP contribution in [-0.4, -0.2) is 38.2 Å². The zero-order chi connectivity index (χ0) is 21.1. The van der Waals surface area contributed by atoms with Crippen LogP contribution in [0.1, 0.15) is 25.7 Å². The number of carbonyl (C=O) groups excluding carboxylic acids is 1. The van der Waals surface area contributed by atoms with Crippen LogP contribution in [0.2, 0.25) is 0 Å². The summed E-state index contributed by atoms with van der Waals surface area (Å²) < 4.78 is 6.78. The molecule has 1 aliphatic rings. The van der Waals surface area contributed by atoms with Crippen LogP contribution < -0.4 is 5.73 Å². The molecular weight excluding hydrogens is 382 g/mol. The maximum absolute atomic E-state index is 11.7. The molecule has 4 rings (SSSR count). The van der Waals surface area contributed by atoms with Crippen LogP contribution in [0.15, 0.2) is 42.7 Å². The molecule has 0 amide bonds. The Balaban J connectivity index is 1.49. The summed E-state index contributed by atoms with van der Waals surface area (Å²) in [5.74, 6) is 0.849. The number of methoxy groups -OCH3 is 1. The van der Waals surface area contributed by atoms with E-state index in [0.717, 1.165) is 43.4 Å². The van der Waals surface area contributed by atoms with Crippen molar-refractivity contribution in [3.05, 3.63) is 42.7 Å². The van der Waals surface area contributed by atoms with Crippen molar-refractivity contribution in [2.24, 2.45) is 11.8 Å². The van der Waals surface area contributed by atoms with Crippen LogP contribution >= 0.6 is 0 Å². The number of hydrogen-bond donors (Lipinski definition) is 2. The molecule has 3 aromatic rings. The van der Waals surface area contributed by atoms with Gasteiger partial charge in [-0.25, -0.2) is 0 Å². The summed E-state index contributed by atoms with van der Waals surface area (Å²) >= 11 is 0. The van der Waals surface area contributed by atoms with Crippen molar-refractivity contribution < 1.29 is 14.6 Å². The van der Waals surface area contributed by atoms with E-state index in [1.807, 2.05) is 23.0 Å². The second-order valence-corrected chi connectivity index (χ2v) is 7.74. The molecule has 156 valence electrons. The van der Waals surface area contributed by atoms with Crippen molar-refractivity contribution >= 4 is 11.8 Å². The van der Waals surface area contributed by atoms with Crippen LogP contribution in [-0.2, 0) is 16.1 Å². The number of rotatable bonds is 5. The number of aromatic hydroxyl groups is 1. The molecule has 1 aromatic carbocycles. The highest BCUT2D eigenvalue weighted by atomic mass is 16.5. The lowest BCUT2D eigenvalue weighted by Gasteiger charge is -2.26. The minimum absolute atomic E-state index is 0.0231. The largest absolute Gasteiger partial charge is 0.507 e. The molecular formula is C22H25N5O3. The van der Waals surface area contributed by atoms with Crippen LogP contribution in [0, 0.1) is 11.8 Å². The van der Waals surface area contributed by atoms with Crippen LogP contribution in [0.3, 0.4) is 0 Å². The first kappa shape index (κ1) is 19.9. The number of phenols is 1. The predicted octanol–water partition coefficient (Wildman–Crippen LogP) is 3.27. The third-order valence-corrected chi connectivity index (χ3v) is 5.77. The molecule has 0 aliphatic heterocycles. The Labute approximate surface area is 174 Å². The number of aromatic nitrogens is 4. The molecule has 1 aliphatic carbocycles. The van der Waals surface area contributed by atoms with Gasteiger partial charge in [0.05, 0.1) is 24.9 Å². The average Bonchev–Trinajstić information content (AvgIpc) is 3.23. The van der Waals surface area contributed by atoms with Crippen LogP contribution in [0.25, 0.3) is 22.4 Å². The van der Waals surface area contributed by atoms with Gasteiger partial charge >= 0.3 is 5.97 Å². The number of ether oxygens (including phenoxy) is 1. The van der Waals surface area contributed by atoms with Crippen LogP contribution in [0.4, 0.5) is 5.82 Å². The zero-order valence-corrected chi connectivity index (χ0v) is 16.9. The Bertz CT molecular complexity index is 1040. The molecule has 0 saturated heterocycles. The first-order chi connectivity index (χ1) is 14.5. The minimum atomic E-state index is -0.101. The first-order valence-corrected chi connectivity index (χ1v) is 10.1. The highest BCUT2D eigenvalue weighted by Crippen LogP contribution is 2.33. The van der Waals surface area contributed by atoms with Gasteiger partial charge in [0.2, 0.25) is 0 Å². The van der Waals surface area contributed by atoms with Gasteiger partial charge in [-0.3, -0.25) is 9.48 Å². The summed E-state index contributed by atoms with van der Waals surface area (Å²) in [7, 11) is 1.45. The maximum atomic E-state index is 11.7. The summed E-state index contributed by atoms with van der Waals surface area (Å²) in [5.41, 5.74) is 8.79. The number of nitrogens with two attached hydrogens (primary N) is 1. The van der Waals surface area contributed by atoms with E-state index < -0.39 is 0 Å². The molecule has 8 nitrogen and oxygen atoms in total. The summed E-state index contributed by atoms with van der Waals surface area (Å²) in [6, 6.07) is 8.81. The van der Waals surface area contributed by atoms with Gasteiger partial charge in [-0.05, 0) is 49.8 Å². The third-order valence-electron chi connectivity index (χ3n) is 5.77. The fourth-order valence-corrected chi connectivity index (χ4v) is 4.07. The Hall–Kier alpha value is -3.42. The Kier molecular flexibility index (Phi) is 5.65. The molecule has 0 bridgehead atoms. The second kappa shape index (κ2) is 8.52. The van der Waals surface area contributed by atoms with E-state index in [2.05, 4.69) is 15.3 Å². The molecule has 2 aromatic heterocycles. The smallest absolute Gasteiger partial charge is 0.308 e. The number of para-hydroxylation sites is 1. The number of nitrogens with zero attached hydrogens (tertiary/aromatic N) is 4. The number of nitrogen functional groups attached to an aromatic ring is 1. The second-order valence-electron chi connectivity index (χ2n) is 7.74. The van der Waals surface area contributed by atoms with Gasteiger partial charge in [0, 0.05) is 29.4 Å². The van der Waals surface area contributed by atoms with Gasteiger partial charge in [-0.15, -0.1) is 10.2 Å². The van der Waals surface area contributed by atoms with E-state index in [0.29, 0.717) is 23.0 Å². The molecule has 30 heavy (non-hydrogen) atoms. The lowest BCUT2D eigenvalue weighted by atomic mass is 9.82. The van der Waals surface area contributed by atoms with E-state index in [-0.39, 0.29) is 17.6 Å². The van der Waals surface area contributed by atoms with Crippen molar-refractivity contribution in [2.75, 3.05) is 12.8 Å². The SMILES string of the molecule is COC(=O)C1CCC(Cn2cc(-c3cc(-c4ccccc4O)nnc3N)cn2)CC1. The zero-order valence-electron chi connectivity index (χ0n) is 16.9. The van der Waals surface area contributed by atoms with E-state index in [1.54, 1.807) is 24.4 Å². The first-order valence-electron chi connectivity index (χ1n) is 10.1. The summed E-state index contributed by atoms with van der Waals surface area (Å²) in [5, 5.41) is 22.8. The monoisotopic (exact) mass is 407 g/mol. The van der Waals surface area contributed by atoms with E-state index in [1.165, 1.54) is 7.11 Å². The van der Waals surface area contributed by atoms with Gasteiger partial charge in [-0.2, -0.15) is 5.10 Å². The predicted molar refractivity (Wildman–Crippen MR) is 112 cm³/mol. The standard InChI is InChI=1S/C22H25N5O3/c1-30-22(29)15-8-6-14(7-9-15)12-27-13-16(11-24-27)18-10-19(25-26-21(18)23)17-4-2-3-5-20(17)28/h2-5,10-11,13-15,28H,6-9,12H2,1H3,(H2,23,26). The van der Waals surface area contributed by atoms with Gasteiger partial charge in [-0.1, -0.05) is 12.1 Å². The molecule has 1 fully saturated rings. The molecule has 0 spiro atoms. The van der Waals surface area contributed by atoms with Crippen molar-refractivity contribution in [3.63, 3.8) is 0 Å². The highest BCUT2D eigenvalue weighted by molar-refractivity contribution is 5.78. The maximum Gasteiger partial charge on any atom is 0.308 e. The Morgan fingerprint density at radius 3 is 2.70 bits per heavy atom. The summed E-state index contributed by atoms with van der Waals surface area (Å²) in [6.07, 6.45) is 7.39. The highest BCUT2D eigenvalue weighted by Gasteiger charge is 2.27. The molecule has 0 radical (unpaired) electrons. The van der Waals surface area contributed by atoms with Gasteiger partial charge in [0.1, 0.15) is 5.75 Å². The lowest BCUT2D eigenvalue weighted by Crippen LogP contribution is -2.25. The number of benzene rings is 1. The van der Waals surface area contributed by atoms with E-state index >= 15 is 0 Å². The Morgan fingerprint density at radius 2 is 1.97 bits per heavy atom. The summed E-state index contributed by atoms with van der Waals surface area (Å²) in [4.78, 5) is 11.7. The molecule has 0 atom stereocenters. The molecule has 8 heteroatoms. The minimum Gasteiger partial charge on any atom is -0.507 e. The average molecular weight is 407 g/mol. The number of esters is 1. The van der Waals surface area contributed by atoms with Crippen LogP contribution in [0.5, 0.6) is 5.75 Å². The molecule has 1 saturated carbocycles. The number of anilines is 1. The van der Waals surface area contributed by atoms with Crippen molar-refractivity contribution in [1.82, 2.24) is 20.0 Å². The van der Waals surface area contributed by atoms with Gasteiger partial charge < -0.3 is 15.6 Å². The normalized spacial score (nSPS) is 18.8. The number of hydrogen-bond acceptors (Lipinski definition) is 7. The fraction of sp³-hybridized carbons (Fsp3) is 0.364. The third kappa shape index (κ3) is 4.12. The number of carbonyl (C=O) groups is 1. The van der Waals surface area contributed by atoms with Crippen molar-refractivity contribution in [3.8, 4) is 28.1 Å². The molecule has 3 N–H and O–H groups in total. The fourth-order valence-electron chi connectivity index (χ4n) is 4.07. The lowest BCUT2D eigenvalue weighted by molar-refractivity contribution is -0.146. The Morgan fingerprint density at radius 1 is 1.20 bits per heavy atom. The number of phenolic OH excluding ortho intramolecular Hbond substituents is 1. The molecule has 2 heterocycles. The topological polar surface area (TPSA) is 116 Å². The van der Waals surface area contributed by atoms with Crippen molar-refractivity contribution in [2.45, 2.75) is 32.2 Å². The van der Waals surface area contributed by atoms with Gasteiger partial charge in [0.25, 0.3) is 0 Å².